The standard InChI is InChI=1S/C14H8F4O3/c15-10-3-1-2-8(6-10)9-4-5-11(13(19)20)12(7-9)21-14(16,17)18/h1-7H,(H,19,20). The molecule has 0 radical (unpaired) electrons. The van der Waals surface area contributed by atoms with Crippen molar-refractivity contribution in [3.05, 3.63) is 53.8 Å². The van der Waals surface area contributed by atoms with Gasteiger partial charge in [0.25, 0.3) is 0 Å². The highest BCUT2D eigenvalue weighted by atomic mass is 19.4. The monoisotopic (exact) mass is 300 g/mol. The van der Waals surface area contributed by atoms with Crippen molar-refractivity contribution in [2.75, 3.05) is 0 Å². The summed E-state index contributed by atoms with van der Waals surface area (Å²) >= 11 is 0. The zero-order chi connectivity index (χ0) is 15.6. The summed E-state index contributed by atoms with van der Waals surface area (Å²) in [5.74, 6) is -2.97. The summed E-state index contributed by atoms with van der Waals surface area (Å²) in [4.78, 5) is 10.9. The molecule has 1 N–H and O–H groups in total. The topological polar surface area (TPSA) is 46.5 Å². The molecule has 0 aliphatic carbocycles. The molecule has 0 aromatic heterocycles. The van der Waals surface area contributed by atoms with Gasteiger partial charge in [-0.15, -0.1) is 13.2 Å². The van der Waals surface area contributed by atoms with Crippen molar-refractivity contribution >= 4 is 5.97 Å². The van der Waals surface area contributed by atoms with E-state index in [0.29, 0.717) is 5.56 Å². The largest absolute Gasteiger partial charge is 0.573 e. The molecule has 2 rings (SSSR count). The van der Waals surface area contributed by atoms with E-state index >= 15 is 0 Å². The Bertz CT molecular complexity index is 680. The van der Waals surface area contributed by atoms with Gasteiger partial charge in [0.2, 0.25) is 0 Å². The molecule has 0 spiro atoms. The Hall–Kier alpha value is -2.57. The fourth-order valence-corrected chi connectivity index (χ4v) is 1.76. The third kappa shape index (κ3) is 3.71. The molecule has 2 aromatic carbocycles. The third-order valence-corrected chi connectivity index (χ3v) is 2.60. The van der Waals surface area contributed by atoms with Gasteiger partial charge in [-0.1, -0.05) is 18.2 Å². The van der Waals surface area contributed by atoms with Gasteiger partial charge in [0.1, 0.15) is 17.1 Å². The van der Waals surface area contributed by atoms with Crippen LogP contribution in [0.4, 0.5) is 17.6 Å². The minimum atomic E-state index is -5.02. The second kappa shape index (κ2) is 5.43. The Morgan fingerprint density at radius 3 is 2.29 bits per heavy atom. The summed E-state index contributed by atoms with van der Waals surface area (Å²) in [5.41, 5.74) is -0.120. The van der Waals surface area contributed by atoms with Crippen LogP contribution in [-0.4, -0.2) is 17.4 Å². The average Bonchev–Trinajstić information content (AvgIpc) is 2.36. The second-order valence-corrected chi connectivity index (χ2v) is 4.07. The molecule has 0 saturated carbocycles. The maximum Gasteiger partial charge on any atom is 0.573 e. The van der Waals surface area contributed by atoms with Gasteiger partial charge in [0.05, 0.1) is 0 Å². The van der Waals surface area contributed by atoms with Crippen LogP contribution in [-0.2, 0) is 0 Å². The van der Waals surface area contributed by atoms with Crippen LogP contribution in [0.25, 0.3) is 11.1 Å². The number of ether oxygens (including phenoxy) is 1. The quantitative estimate of drug-likeness (QED) is 0.868. The first kappa shape index (κ1) is 14.8. The number of carboxylic acids is 1. The van der Waals surface area contributed by atoms with Crippen LogP contribution in [0.2, 0.25) is 0 Å². The molecule has 21 heavy (non-hydrogen) atoms. The van der Waals surface area contributed by atoms with Gasteiger partial charge < -0.3 is 9.84 Å². The summed E-state index contributed by atoms with van der Waals surface area (Å²) in [6.07, 6.45) is -5.02. The van der Waals surface area contributed by atoms with E-state index in [1.807, 2.05) is 0 Å². The smallest absolute Gasteiger partial charge is 0.478 e. The number of hydrogen-bond acceptors (Lipinski definition) is 2. The number of hydrogen-bond donors (Lipinski definition) is 1. The van der Waals surface area contributed by atoms with Crippen molar-refractivity contribution in [2.45, 2.75) is 6.36 Å². The van der Waals surface area contributed by atoms with Crippen LogP contribution >= 0.6 is 0 Å². The fourth-order valence-electron chi connectivity index (χ4n) is 1.76. The molecule has 0 heterocycles. The highest BCUT2D eigenvalue weighted by Gasteiger charge is 2.33. The van der Waals surface area contributed by atoms with E-state index in [4.69, 9.17) is 5.11 Å². The summed E-state index contributed by atoms with van der Waals surface area (Å²) < 4.78 is 53.8. The van der Waals surface area contributed by atoms with Crippen molar-refractivity contribution in [1.82, 2.24) is 0 Å². The number of carbonyl (C=O) groups is 1. The van der Waals surface area contributed by atoms with Gasteiger partial charge in [-0.3, -0.25) is 0 Å². The maximum absolute atomic E-state index is 13.1. The van der Waals surface area contributed by atoms with Crippen molar-refractivity contribution in [2.24, 2.45) is 0 Å². The third-order valence-electron chi connectivity index (χ3n) is 2.60. The Labute approximate surface area is 116 Å². The normalized spacial score (nSPS) is 11.2. The lowest BCUT2D eigenvalue weighted by Gasteiger charge is -2.13. The van der Waals surface area contributed by atoms with Crippen LogP contribution < -0.4 is 4.74 Å². The molecular formula is C14H8F4O3. The van der Waals surface area contributed by atoms with Gasteiger partial charge in [-0.05, 0) is 35.4 Å². The van der Waals surface area contributed by atoms with E-state index < -0.39 is 29.5 Å². The highest BCUT2D eigenvalue weighted by Crippen LogP contribution is 2.31. The predicted octanol–water partition coefficient (Wildman–Crippen LogP) is 4.09. The summed E-state index contributed by atoms with van der Waals surface area (Å²) in [5, 5.41) is 8.86. The lowest BCUT2D eigenvalue weighted by molar-refractivity contribution is -0.274. The maximum atomic E-state index is 13.1. The van der Waals surface area contributed by atoms with E-state index in [2.05, 4.69) is 4.74 Å². The molecule has 3 nitrogen and oxygen atoms in total. The van der Waals surface area contributed by atoms with Crippen molar-refractivity contribution < 1.29 is 32.2 Å². The van der Waals surface area contributed by atoms with Gasteiger partial charge in [0.15, 0.2) is 0 Å². The minimum absolute atomic E-state index is 0.207. The SMILES string of the molecule is O=C(O)c1ccc(-c2cccc(F)c2)cc1OC(F)(F)F. The van der Waals surface area contributed by atoms with E-state index in [1.54, 1.807) is 0 Å². The number of benzene rings is 2. The molecule has 0 unspecified atom stereocenters. The van der Waals surface area contributed by atoms with Crippen molar-refractivity contribution in [1.29, 1.82) is 0 Å². The molecule has 0 saturated heterocycles. The fraction of sp³-hybridized carbons (Fsp3) is 0.0714. The molecule has 0 fully saturated rings. The molecule has 0 bridgehead atoms. The molecular weight excluding hydrogens is 292 g/mol. The number of carboxylic acid groups (broad SMARTS) is 1. The van der Waals surface area contributed by atoms with Crippen LogP contribution in [0.15, 0.2) is 42.5 Å². The Morgan fingerprint density at radius 1 is 1.05 bits per heavy atom. The molecule has 0 atom stereocenters. The minimum Gasteiger partial charge on any atom is -0.478 e. The average molecular weight is 300 g/mol. The molecule has 0 amide bonds. The summed E-state index contributed by atoms with van der Waals surface area (Å²) in [7, 11) is 0. The zero-order valence-electron chi connectivity index (χ0n) is 10.3. The Morgan fingerprint density at radius 2 is 1.71 bits per heavy atom. The van der Waals surface area contributed by atoms with E-state index in [-0.39, 0.29) is 5.56 Å². The first-order chi connectivity index (χ1) is 9.76. The number of halogens is 4. The Balaban J connectivity index is 2.51. The van der Waals surface area contributed by atoms with E-state index in [1.165, 1.54) is 24.3 Å². The molecule has 2 aromatic rings. The first-order valence-corrected chi connectivity index (χ1v) is 5.65. The summed E-state index contributed by atoms with van der Waals surface area (Å²) in [6.45, 7) is 0. The van der Waals surface area contributed by atoms with Crippen molar-refractivity contribution in [3.8, 4) is 16.9 Å². The molecule has 0 aliphatic heterocycles. The lowest BCUT2D eigenvalue weighted by Crippen LogP contribution is -2.19. The highest BCUT2D eigenvalue weighted by molar-refractivity contribution is 5.92. The van der Waals surface area contributed by atoms with Crippen LogP contribution in [0.3, 0.4) is 0 Å². The molecule has 7 heteroatoms. The molecule has 0 aliphatic rings. The van der Waals surface area contributed by atoms with Crippen LogP contribution in [0, 0.1) is 5.82 Å². The van der Waals surface area contributed by atoms with Gasteiger partial charge in [-0.25, -0.2) is 9.18 Å². The first-order valence-electron chi connectivity index (χ1n) is 5.65. The number of aromatic carboxylic acids is 1. The number of alkyl halides is 3. The van der Waals surface area contributed by atoms with Crippen molar-refractivity contribution in [3.63, 3.8) is 0 Å². The lowest BCUT2D eigenvalue weighted by atomic mass is 10.0. The number of rotatable bonds is 3. The summed E-state index contributed by atoms with van der Waals surface area (Å²) in [6, 6.07) is 8.34. The van der Waals surface area contributed by atoms with Crippen LogP contribution in [0.1, 0.15) is 10.4 Å². The second-order valence-electron chi connectivity index (χ2n) is 4.07. The predicted molar refractivity (Wildman–Crippen MR) is 65.5 cm³/mol. The zero-order valence-corrected chi connectivity index (χ0v) is 10.3. The van der Waals surface area contributed by atoms with Crippen LogP contribution in [0.5, 0.6) is 5.75 Å². The van der Waals surface area contributed by atoms with E-state index in [9.17, 15) is 22.4 Å². The molecule has 110 valence electrons. The Kier molecular flexibility index (Phi) is 3.84. The van der Waals surface area contributed by atoms with Gasteiger partial charge >= 0.3 is 12.3 Å². The van der Waals surface area contributed by atoms with Gasteiger partial charge in [-0.2, -0.15) is 0 Å². The van der Waals surface area contributed by atoms with Gasteiger partial charge in [0, 0.05) is 0 Å². The van der Waals surface area contributed by atoms with E-state index in [0.717, 1.165) is 18.2 Å².